The van der Waals surface area contributed by atoms with Crippen LogP contribution < -0.4 is 0 Å². The first-order chi connectivity index (χ1) is 11.6. The van der Waals surface area contributed by atoms with Crippen LogP contribution in [-0.2, 0) is 4.79 Å². The average Bonchev–Trinajstić information content (AvgIpc) is 2.94. The van der Waals surface area contributed by atoms with Crippen LogP contribution in [0.2, 0.25) is 0 Å². The maximum atomic E-state index is 12.9. The van der Waals surface area contributed by atoms with Gasteiger partial charge in [-0.1, -0.05) is 12.1 Å². The summed E-state index contributed by atoms with van der Waals surface area (Å²) in [6.45, 7) is 1.87. The molecular weight excluding hydrogens is 327 g/mol. The van der Waals surface area contributed by atoms with Crippen molar-refractivity contribution < 1.29 is 9.18 Å². The molecule has 3 heterocycles. The van der Waals surface area contributed by atoms with Crippen LogP contribution in [0, 0.1) is 11.7 Å². The summed E-state index contributed by atoms with van der Waals surface area (Å²) in [5, 5.41) is 5.48. The number of likely N-dealkylation sites (N-methyl/N-ethyl adjacent to an activating group) is 1. The van der Waals surface area contributed by atoms with E-state index >= 15 is 0 Å². The average molecular weight is 344 g/mol. The minimum atomic E-state index is -0.296. The van der Waals surface area contributed by atoms with Crippen molar-refractivity contribution in [2.24, 2.45) is 16.0 Å². The van der Waals surface area contributed by atoms with E-state index in [2.05, 4.69) is 22.0 Å². The molecule has 0 radical (unpaired) electrons. The van der Waals surface area contributed by atoms with Gasteiger partial charge in [0.15, 0.2) is 0 Å². The number of nitrogens with zero attached hydrogens (tertiary/aromatic N) is 4. The molecular formula is C17H17FN4OS. The second kappa shape index (κ2) is 6.14. The fourth-order valence-corrected chi connectivity index (χ4v) is 4.68. The molecule has 7 heteroatoms. The Morgan fingerprint density at radius 3 is 2.96 bits per heavy atom. The molecule has 0 aromatic heterocycles. The zero-order valence-electron chi connectivity index (χ0n) is 13.2. The Balaban J connectivity index is 1.54. The number of carbonyl (C=O) groups is 1. The molecule has 0 aliphatic carbocycles. The maximum Gasteiger partial charge on any atom is 0.258 e. The van der Waals surface area contributed by atoms with Gasteiger partial charge in [0.2, 0.25) is 0 Å². The lowest BCUT2D eigenvalue weighted by atomic mass is 9.92. The molecule has 1 amide bonds. The molecule has 1 aromatic rings. The largest absolute Gasteiger partial charge is 0.301 e. The van der Waals surface area contributed by atoms with Crippen molar-refractivity contribution in [2.75, 3.05) is 20.1 Å². The lowest BCUT2D eigenvalue weighted by Gasteiger charge is -2.28. The van der Waals surface area contributed by atoms with Crippen LogP contribution in [-0.4, -0.2) is 53.9 Å². The highest BCUT2D eigenvalue weighted by molar-refractivity contribution is 8.04. The van der Waals surface area contributed by atoms with Gasteiger partial charge in [0.05, 0.1) is 12.1 Å². The fraction of sp³-hybridized carbons (Fsp3) is 0.353. The fourth-order valence-electron chi connectivity index (χ4n) is 3.18. The lowest BCUT2D eigenvalue weighted by molar-refractivity contribution is -0.130. The third-order valence-electron chi connectivity index (χ3n) is 4.47. The highest BCUT2D eigenvalue weighted by atomic mass is 32.2. The monoisotopic (exact) mass is 344 g/mol. The molecule has 3 aliphatic rings. The number of thioether (sulfide) groups is 1. The molecule has 0 N–H and O–H groups in total. The summed E-state index contributed by atoms with van der Waals surface area (Å²) in [6.07, 6.45) is 3.96. The van der Waals surface area contributed by atoms with E-state index in [9.17, 15) is 9.18 Å². The summed E-state index contributed by atoms with van der Waals surface area (Å²) in [5.41, 5.74) is 1.96. The number of hydrazone groups is 1. The number of hydrogen-bond donors (Lipinski definition) is 0. The normalized spacial score (nSPS) is 27.1. The van der Waals surface area contributed by atoms with Crippen molar-refractivity contribution >= 4 is 30.2 Å². The van der Waals surface area contributed by atoms with Crippen LogP contribution in [0.25, 0.3) is 0 Å². The molecule has 0 fully saturated rings. The zero-order valence-corrected chi connectivity index (χ0v) is 14.0. The van der Waals surface area contributed by atoms with E-state index in [1.165, 1.54) is 34.0 Å². The minimum absolute atomic E-state index is 0.0320. The third kappa shape index (κ3) is 2.78. The Labute approximate surface area is 143 Å². The number of rotatable bonds is 2. The van der Waals surface area contributed by atoms with Gasteiger partial charge in [-0.3, -0.25) is 9.79 Å². The topological polar surface area (TPSA) is 48.3 Å². The molecule has 24 heavy (non-hydrogen) atoms. The summed E-state index contributed by atoms with van der Waals surface area (Å²) in [4.78, 5) is 20.9. The van der Waals surface area contributed by atoms with E-state index in [0.29, 0.717) is 0 Å². The van der Waals surface area contributed by atoms with E-state index in [1.54, 1.807) is 30.1 Å². The van der Waals surface area contributed by atoms with Gasteiger partial charge in [0.1, 0.15) is 17.5 Å². The molecule has 124 valence electrons. The standard InChI is InChI=1S/C17H17FN4OS/c1-21-7-6-13-14(9-21)24-16-15(13)17(23)22(10-19-16)20-8-11-2-4-12(18)5-3-11/h2-5,8,10,15-16H,6-7,9H2,1H3/b20-8+. The van der Waals surface area contributed by atoms with Crippen molar-refractivity contribution in [3.63, 3.8) is 0 Å². The molecule has 0 spiro atoms. The smallest absolute Gasteiger partial charge is 0.258 e. The Hall–Kier alpha value is -1.99. The second-order valence-electron chi connectivity index (χ2n) is 6.17. The number of hydrogen-bond acceptors (Lipinski definition) is 5. The quantitative estimate of drug-likeness (QED) is 0.774. The minimum Gasteiger partial charge on any atom is -0.301 e. The highest BCUT2D eigenvalue weighted by Crippen LogP contribution is 2.47. The summed E-state index contributed by atoms with van der Waals surface area (Å²) in [5.74, 6) is -0.528. The Morgan fingerprint density at radius 2 is 2.17 bits per heavy atom. The zero-order chi connectivity index (χ0) is 16.7. The SMILES string of the molecule is CN1CCC2=C(C1)SC1N=CN(/N=C/c3ccc(F)cc3)C(=O)C21. The number of carbonyl (C=O) groups excluding carboxylic acids is 1. The van der Waals surface area contributed by atoms with Gasteiger partial charge in [0, 0.05) is 18.0 Å². The Bertz CT molecular complexity index is 758. The van der Waals surface area contributed by atoms with Crippen molar-refractivity contribution in [2.45, 2.75) is 11.8 Å². The van der Waals surface area contributed by atoms with Crippen molar-refractivity contribution in [1.82, 2.24) is 9.91 Å². The van der Waals surface area contributed by atoms with E-state index < -0.39 is 0 Å². The summed E-state index contributed by atoms with van der Waals surface area (Å²) < 4.78 is 12.9. The molecule has 0 saturated heterocycles. The summed E-state index contributed by atoms with van der Waals surface area (Å²) in [6, 6.07) is 5.98. The van der Waals surface area contributed by atoms with Gasteiger partial charge >= 0.3 is 0 Å². The molecule has 5 nitrogen and oxygen atoms in total. The van der Waals surface area contributed by atoms with Crippen LogP contribution in [0.15, 0.2) is 44.8 Å². The number of benzene rings is 1. The molecule has 1 aromatic carbocycles. The summed E-state index contributed by atoms with van der Waals surface area (Å²) in [7, 11) is 2.09. The van der Waals surface area contributed by atoms with Gasteiger partial charge in [-0.15, -0.1) is 11.8 Å². The number of aliphatic imine (C=N–C) groups is 1. The molecule has 0 bridgehead atoms. The lowest BCUT2D eigenvalue weighted by Crippen LogP contribution is -2.40. The van der Waals surface area contributed by atoms with Crippen molar-refractivity contribution in [3.8, 4) is 0 Å². The van der Waals surface area contributed by atoms with Crippen LogP contribution in [0.3, 0.4) is 0 Å². The highest BCUT2D eigenvalue weighted by Gasteiger charge is 2.45. The van der Waals surface area contributed by atoms with Gasteiger partial charge < -0.3 is 4.90 Å². The van der Waals surface area contributed by atoms with E-state index in [1.807, 2.05) is 0 Å². The predicted octanol–water partition coefficient (Wildman–Crippen LogP) is 2.31. The first kappa shape index (κ1) is 15.5. The Kier molecular flexibility index (Phi) is 3.97. The Morgan fingerprint density at radius 1 is 1.38 bits per heavy atom. The maximum absolute atomic E-state index is 12.9. The first-order valence-corrected chi connectivity index (χ1v) is 8.73. The van der Waals surface area contributed by atoms with E-state index in [0.717, 1.165) is 25.1 Å². The van der Waals surface area contributed by atoms with Gasteiger partial charge in [-0.25, -0.2) is 4.39 Å². The molecule has 0 saturated carbocycles. The molecule has 3 aliphatic heterocycles. The third-order valence-corrected chi connectivity index (χ3v) is 5.79. The number of halogens is 1. The van der Waals surface area contributed by atoms with Gasteiger partial charge in [0.25, 0.3) is 5.91 Å². The van der Waals surface area contributed by atoms with E-state index in [-0.39, 0.29) is 23.0 Å². The van der Waals surface area contributed by atoms with Crippen molar-refractivity contribution in [1.29, 1.82) is 0 Å². The van der Waals surface area contributed by atoms with Gasteiger partial charge in [-0.05, 0) is 36.7 Å². The van der Waals surface area contributed by atoms with Crippen LogP contribution in [0.4, 0.5) is 4.39 Å². The molecule has 2 unspecified atom stereocenters. The summed E-state index contributed by atoms with van der Waals surface area (Å²) >= 11 is 1.70. The van der Waals surface area contributed by atoms with Crippen molar-refractivity contribution in [3.05, 3.63) is 46.1 Å². The second-order valence-corrected chi connectivity index (χ2v) is 7.38. The van der Waals surface area contributed by atoms with E-state index in [4.69, 9.17) is 0 Å². The first-order valence-electron chi connectivity index (χ1n) is 7.85. The van der Waals surface area contributed by atoms with Gasteiger partial charge in [-0.2, -0.15) is 10.1 Å². The molecule has 2 atom stereocenters. The molecule has 4 rings (SSSR count). The predicted molar refractivity (Wildman–Crippen MR) is 93.3 cm³/mol. The number of amides is 1. The van der Waals surface area contributed by atoms with Crippen LogP contribution >= 0.6 is 11.8 Å². The van der Waals surface area contributed by atoms with Crippen LogP contribution in [0.1, 0.15) is 12.0 Å². The van der Waals surface area contributed by atoms with Crippen LogP contribution in [0.5, 0.6) is 0 Å². The number of fused-ring (bicyclic) bond motifs is 2.